The smallest absolute Gasteiger partial charge is 0.334 e. The van der Waals surface area contributed by atoms with Gasteiger partial charge in [0.1, 0.15) is 12.7 Å². The number of ketones is 1. The summed E-state index contributed by atoms with van der Waals surface area (Å²) in [5, 5.41) is 9.71. The van der Waals surface area contributed by atoms with Crippen LogP contribution in [0.5, 0.6) is 0 Å². The summed E-state index contributed by atoms with van der Waals surface area (Å²) in [5.41, 5.74) is 0.658. The predicted molar refractivity (Wildman–Crippen MR) is 72.7 cm³/mol. The SMILES string of the molecule is CCCCCCC(O)C(=O)CCCC1=CCOC1=O. The number of aliphatic hydroxyl groups excluding tert-OH is 1. The molecule has 0 spiro atoms. The third-order valence-electron chi connectivity index (χ3n) is 3.38. The van der Waals surface area contributed by atoms with Crippen molar-refractivity contribution in [3.05, 3.63) is 11.6 Å². The fourth-order valence-corrected chi connectivity index (χ4v) is 2.14. The molecule has 0 radical (unpaired) electrons. The normalized spacial score (nSPS) is 16.1. The van der Waals surface area contributed by atoms with Crippen molar-refractivity contribution in [2.24, 2.45) is 0 Å². The molecule has 0 saturated carbocycles. The largest absolute Gasteiger partial charge is 0.458 e. The van der Waals surface area contributed by atoms with Crippen molar-refractivity contribution in [1.82, 2.24) is 0 Å². The molecule has 1 heterocycles. The predicted octanol–water partition coefficient (Wildman–Crippen LogP) is 2.54. The van der Waals surface area contributed by atoms with Gasteiger partial charge in [0, 0.05) is 12.0 Å². The number of carbonyl (C=O) groups is 2. The molecule has 0 fully saturated rings. The van der Waals surface area contributed by atoms with Gasteiger partial charge in [0.2, 0.25) is 0 Å². The van der Waals surface area contributed by atoms with Crippen LogP contribution in [0.15, 0.2) is 11.6 Å². The van der Waals surface area contributed by atoms with Crippen LogP contribution >= 0.6 is 0 Å². The van der Waals surface area contributed by atoms with Gasteiger partial charge in [-0.05, 0) is 25.3 Å². The molecule has 4 heteroatoms. The van der Waals surface area contributed by atoms with E-state index >= 15 is 0 Å². The van der Waals surface area contributed by atoms with Crippen molar-refractivity contribution >= 4 is 11.8 Å². The van der Waals surface area contributed by atoms with E-state index in [1.165, 1.54) is 0 Å². The molecular formula is C15H24O4. The lowest BCUT2D eigenvalue weighted by Crippen LogP contribution is -2.20. The molecule has 0 bridgehead atoms. The molecule has 1 aliphatic rings. The molecule has 19 heavy (non-hydrogen) atoms. The maximum Gasteiger partial charge on any atom is 0.334 e. The van der Waals surface area contributed by atoms with E-state index in [4.69, 9.17) is 4.74 Å². The highest BCUT2D eigenvalue weighted by Crippen LogP contribution is 2.15. The lowest BCUT2D eigenvalue weighted by atomic mass is 10.0. The van der Waals surface area contributed by atoms with Crippen molar-refractivity contribution in [2.75, 3.05) is 6.61 Å². The number of hydrogen-bond acceptors (Lipinski definition) is 4. The van der Waals surface area contributed by atoms with Gasteiger partial charge in [-0.3, -0.25) is 4.79 Å². The van der Waals surface area contributed by atoms with Gasteiger partial charge in [-0.1, -0.05) is 32.6 Å². The molecule has 0 aromatic carbocycles. The highest BCUT2D eigenvalue weighted by atomic mass is 16.5. The standard InChI is InChI=1S/C15H24O4/c1-2-3-4-5-8-13(16)14(17)9-6-7-12-10-11-19-15(12)18/h10,13,16H,2-9,11H2,1H3. The Balaban J connectivity index is 2.11. The van der Waals surface area contributed by atoms with Crippen LogP contribution in [0, 0.1) is 0 Å². The third kappa shape index (κ3) is 6.01. The van der Waals surface area contributed by atoms with Gasteiger partial charge < -0.3 is 9.84 Å². The first-order valence-corrected chi connectivity index (χ1v) is 7.22. The zero-order chi connectivity index (χ0) is 14.1. The van der Waals surface area contributed by atoms with Gasteiger partial charge in [0.05, 0.1) is 0 Å². The van der Waals surface area contributed by atoms with E-state index < -0.39 is 6.10 Å². The van der Waals surface area contributed by atoms with Crippen LogP contribution < -0.4 is 0 Å². The number of unbranched alkanes of at least 4 members (excludes halogenated alkanes) is 3. The van der Waals surface area contributed by atoms with Gasteiger partial charge in [-0.15, -0.1) is 0 Å². The van der Waals surface area contributed by atoms with Crippen LogP contribution in [-0.4, -0.2) is 29.6 Å². The van der Waals surface area contributed by atoms with E-state index in [1.807, 2.05) is 0 Å². The van der Waals surface area contributed by atoms with Crippen LogP contribution in [0.1, 0.15) is 58.3 Å². The number of esters is 1. The van der Waals surface area contributed by atoms with Crippen molar-refractivity contribution in [1.29, 1.82) is 0 Å². The van der Waals surface area contributed by atoms with Crippen molar-refractivity contribution in [2.45, 2.75) is 64.4 Å². The highest BCUT2D eigenvalue weighted by molar-refractivity contribution is 5.90. The van der Waals surface area contributed by atoms with E-state index in [-0.39, 0.29) is 11.8 Å². The van der Waals surface area contributed by atoms with E-state index in [9.17, 15) is 14.7 Å². The molecule has 0 aromatic rings. The number of Topliss-reactive ketones (excluding diaryl/α,β-unsaturated/α-hetero) is 1. The molecule has 108 valence electrons. The summed E-state index contributed by atoms with van der Waals surface area (Å²) >= 11 is 0. The minimum absolute atomic E-state index is 0.108. The van der Waals surface area contributed by atoms with Crippen molar-refractivity contribution in [3.8, 4) is 0 Å². The fourth-order valence-electron chi connectivity index (χ4n) is 2.14. The quantitative estimate of drug-likeness (QED) is 0.488. The zero-order valence-electron chi connectivity index (χ0n) is 11.7. The molecule has 0 aliphatic carbocycles. The maximum absolute atomic E-state index is 11.7. The number of cyclic esters (lactones) is 1. The summed E-state index contributed by atoms with van der Waals surface area (Å²) < 4.78 is 4.78. The van der Waals surface area contributed by atoms with Gasteiger partial charge in [0.25, 0.3) is 0 Å². The van der Waals surface area contributed by atoms with Crippen molar-refractivity contribution < 1.29 is 19.4 Å². The molecule has 0 saturated heterocycles. The summed E-state index contributed by atoms with van der Waals surface area (Å²) in [7, 11) is 0. The van der Waals surface area contributed by atoms with Crippen LogP contribution in [-0.2, 0) is 14.3 Å². The van der Waals surface area contributed by atoms with Crippen LogP contribution in [0.3, 0.4) is 0 Å². The first-order chi connectivity index (χ1) is 9.15. The summed E-state index contributed by atoms with van der Waals surface area (Å²) in [6.07, 6.45) is 7.25. The summed E-state index contributed by atoms with van der Waals surface area (Å²) in [6.45, 7) is 2.48. The molecule has 1 unspecified atom stereocenters. The van der Waals surface area contributed by atoms with E-state index in [2.05, 4.69) is 6.92 Å². The van der Waals surface area contributed by atoms with Crippen LogP contribution in [0.25, 0.3) is 0 Å². The highest BCUT2D eigenvalue weighted by Gasteiger charge is 2.18. The second-order valence-electron chi connectivity index (χ2n) is 5.01. The average molecular weight is 268 g/mol. The fraction of sp³-hybridized carbons (Fsp3) is 0.733. The topological polar surface area (TPSA) is 63.6 Å². The van der Waals surface area contributed by atoms with Crippen LogP contribution in [0.2, 0.25) is 0 Å². The molecule has 1 atom stereocenters. The summed E-state index contributed by atoms with van der Waals surface area (Å²) in [6, 6.07) is 0. The molecule has 4 nitrogen and oxygen atoms in total. The second kappa shape index (κ2) is 8.86. The second-order valence-corrected chi connectivity index (χ2v) is 5.01. The summed E-state index contributed by atoms with van der Waals surface area (Å²) in [4.78, 5) is 22.8. The average Bonchev–Trinajstić information content (AvgIpc) is 2.80. The lowest BCUT2D eigenvalue weighted by molar-refractivity contribution is -0.136. The Morgan fingerprint density at radius 2 is 2.16 bits per heavy atom. The molecule has 0 amide bonds. The zero-order valence-corrected chi connectivity index (χ0v) is 11.7. The Morgan fingerprint density at radius 3 is 2.79 bits per heavy atom. The molecule has 0 aromatic heterocycles. The van der Waals surface area contributed by atoms with Gasteiger partial charge in [0.15, 0.2) is 5.78 Å². The van der Waals surface area contributed by atoms with E-state index in [0.717, 1.165) is 25.7 Å². The third-order valence-corrected chi connectivity index (χ3v) is 3.38. The Bertz CT molecular complexity index is 333. The van der Waals surface area contributed by atoms with Crippen molar-refractivity contribution in [3.63, 3.8) is 0 Å². The van der Waals surface area contributed by atoms with Gasteiger partial charge >= 0.3 is 5.97 Å². The molecule has 1 rings (SSSR count). The minimum atomic E-state index is -0.832. The monoisotopic (exact) mass is 268 g/mol. The van der Waals surface area contributed by atoms with Gasteiger partial charge in [-0.25, -0.2) is 4.79 Å². The first kappa shape index (κ1) is 15.9. The van der Waals surface area contributed by atoms with Gasteiger partial charge in [-0.2, -0.15) is 0 Å². The number of hydrogen-bond donors (Lipinski definition) is 1. The Labute approximate surface area is 114 Å². The Kier molecular flexibility index (Phi) is 7.41. The van der Waals surface area contributed by atoms with Crippen LogP contribution in [0.4, 0.5) is 0 Å². The molecule has 1 aliphatic heterocycles. The van der Waals surface area contributed by atoms with E-state index in [0.29, 0.717) is 37.9 Å². The first-order valence-electron chi connectivity index (χ1n) is 7.22. The number of aliphatic hydroxyl groups is 1. The minimum Gasteiger partial charge on any atom is -0.458 e. The Hall–Kier alpha value is -1.16. The Morgan fingerprint density at radius 1 is 1.37 bits per heavy atom. The number of carbonyl (C=O) groups excluding carboxylic acids is 2. The molecular weight excluding hydrogens is 244 g/mol. The maximum atomic E-state index is 11.7. The van der Waals surface area contributed by atoms with E-state index in [1.54, 1.807) is 6.08 Å². The number of ether oxygens (including phenoxy) is 1. The summed E-state index contributed by atoms with van der Waals surface area (Å²) in [5.74, 6) is -0.379. The number of rotatable bonds is 10. The lowest BCUT2D eigenvalue weighted by Gasteiger charge is -2.09. The molecule has 1 N–H and O–H groups in total.